The number of pyridine rings is 1. The van der Waals surface area contributed by atoms with Crippen LogP contribution in [0.3, 0.4) is 0 Å². The maximum Gasteiger partial charge on any atom is 0.350 e. The van der Waals surface area contributed by atoms with Gasteiger partial charge in [-0.05, 0) is 38.1 Å². The predicted octanol–water partition coefficient (Wildman–Crippen LogP) is 0.407. The van der Waals surface area contributed by atoms with Crippen LogP contribution in [0.2, 0.25) is 0 Å². The molecule has 1 aliphatic heterocycles. The Bertz CT molecular complexity index is 652. The van der Waals surface area contributed by atoms with Crippen molar-refractivity contribution in [3.8, 4) is 0 Å². The molecule has 106 valence electrons. The Labute approximate surface area is 116 Å². The maximum absolute atomic E-state index is 12.1. The second-order valence-corrected chi connectivity index (χ2v) is 5.25. The van der Waals surface area contributed by atoms with Crippen molar-refractivity contribution < 1.29 is 4.79 Å². The highest BCUT2D eigenvalue weighted by atomic mass is 16.2. The van der Waals surface area contributed by atoms with Crippen molar-refractivity contribution in [1.82, 2.24) is 19.1 Å². The molecule has 0 unspecified atom stereocenters. The van der Waals surface area contributed by atoms with E-state index in [4.69, 9.17) is 0 Å². The zero-order chi connectivity index (χ0) is 13.9. The van der Waals surface area contributed by atoms with E-state index >= 15 is 0 Å². The molecular weight excluding hydrogens is 256 g/mol. The first-order chi connectivity index (χ1) is 9.78. The smallest absolute Gasteiger partial charge is 0.303 e. The fourth-order valence-electron chi connectivity index (χ4n) is 2.66. The Morgan fingerprint density at radius 3 is 2.75 bits per heavy atom. The minimum absolute atomic E-state index is 0.0941. The number of likely N-dealkylation sites (tertiary alicyclic amines) is 1. The minimum Gasteiger partial charge on any atom is -0.303 e. The highest BCUT2D eigenvalue weighted by molar-refractivity contribution is 5.53. The van der Waals surface area contributed by atoms with Gasteiger partial charge in [-0.1, -0.05) is 6.07 Å². The molecule has 2 aromatic heterocycles. The first kappa shape index (κ1) is 13.1. The minimum atomic E-state index is -0.0941. The second-order valence-electron chi connectivity index (χ2n) is 5.25. The average molecular weight is 274 g/mol. The van der Waals surface area contributed by atoms with E-state index in [1.54, 1.807) is 10.6 Å². The molecule has 0 N–H and O–H groups in total. The third kappa shape index (κ3) is 2.51. The van der Waals surface area contributed by atoms with Gasteiger partial charge in [0.2, 0.25) is 0 Å². The van der Waals surface area contributed by atoms with E-state index in [1.165, 1.54) is 4.68 Å². The van der Waals surface area contributed by atoms with Gasteiger partial charge < -0.3 is 9.69 Å². The molecule has 1 saturated heterocycles. The molecule has 0 radical (unpaired) electrons. The highest BCUT2D eigenvalue weighted by Crippen LogP contribution is 2.14. The van der Waals surface area contributed by atoms with Crippen LogP contribution in [0.1, 0.15) is 12.8 Å². The van der Waals surface area contributed by atoms with Gasteiger partial charge in [0.25, 0.3) is 0 Å². The maximum atomic E-state index is 12.1. The van der Waals surface area contributed by atoms with Crippen LogP contribution in [0.25, 0.3) is 5.65 Å². The lowest BCUT2D eigenvalue weighted by molar-refractivity contribution is -0.112. The number of aromatic nitrogens is 3. The Balaban J connectivity index is 1.64. The number of carbonyl (C=O) groups is 1. The number of rotatable bonds is 4. The molecule has 0 spiro atoms. The second kappa shape index (κ2) is 5.58. The summed E-state index contributed by atoms with van der Waals surface area (Å²) in [5.41, 5.74) is 0.584. The zero-order valence-corrected chi connectivity index (χ0v) is 11.3. The van der Waals surface area contributed by atoms with Gasteiger partial charge >= 0.3 is 5.69 Å². The van der Waals surface area contributed by atoms with Crippen molar-refractivity contribution in [3.05, 3.63) is 34.9 Å². The van der Waals surface area contributed by atoms with Crippen LogP contribution >= 0.6 is 0 Å². The van der Waals surface area contributed by atoms with Crippen LogP contribution in [-0.2, 0) is 11.3 Å². The van der Waals surface area contributed by atoms with Crippen molar-refractivity contribution in [3.63, 3.8) is 0 Å². The molecule has 0 aliphatic carbocycles. The van der Waals surface area contributed by atoms with Gasteiger partial charge in [0, 0.05) is 18.7 Å². The van der Waals surface area contributed by atoms with Gasteiger partial charge in [0.05, 0.1) is 6.54 Å². The first-order valence-corrected chi connectivity index (χ1v) is 7.00. The van der Waals surface area contributed by atoms with Gasteiger partial charge in [0.1, 0.15) is 6.29 Å². The van der Waals surface area contributed by atoms with Crippen molar-refractivity contribution in [2.24, 2.45) is 5.92 Å². The summed E-state index contributed by atoms with van der Waals surface area (Å²) >= 11 is 0. The normalized spacial score (nSPS) is 17.6. The zero-order valence-electron chi connectivity index (χ0n) is 11.3. The lowest BCUT2D eigenvalue weighted by Gasteiger charge is -2.29. The topological polar surface area (TPSA) is 59.6 Å². The molecule has 20 heavy (non-hydrogen) atoms. The van der Waals surface area contributed by atoms with Crippen molar-refractivity contribution in [2.75, 3.05) is 19.6 Å². The van der Waals surface area contributed by atoms with Gasteiger partial charge in [-0.25, -0.2) is 9.48 Å². The van der Waals surface area contributed by atoms with Gasteiger partial charge in [0.15, 0.2) is 5.65 Å². The number of fused-ring (bicyclic) bond motifs is 1. The van der Waals surface area contributed by atoms with E-state index in [0.29, 0.717) is 12.2 Å². The molecule has 2 aromatic rings. The van der Waals surface area contributed by atoms with E-state index in [-0.39, 0.29) is 11.6 Å². The standard InChI is InChI=1S/C14H18N4O2/c19-11-12-4-7-16(8-5-12)9-10-18-14(20)17-6-2-1-3-13(17)15-18/h1-3,6,11-12H,4-5,7-10H2. The largest absolute Gasteiger partial charge is 0.350 e. The Kier molecular flexibility index (Phi) is 3.64. The molecule has 6 nitrogen and oxygen atoms in total. The van der Waals surface area contributed by atoms with E-state index in [2.05, 4.69) is 10.00 Å². The van der Waals surface area contributed by atoms with Crippen LogP contribution in [0.15, 0.2) is 29.2 Å². The summed E-state index contributed by atoms with van der Waals surface area (Å²) in [4.78, 5) is 25.1. The number of piperidine rings is 1. The molecule has 3 rings (SSSR count). The summed E-state index contributed by atoms with van der Waals surface area (Å²) in [7, 11) is 0. The van der Waals surface area contributed by atoms with Gasteiger partial charge in [-0.2, -0.15) is 0 Å². The summed E-state index contributed by atoms with van der Waals surface area (Å²) < 4.78 is 3.07. The van der Waals surface area contributed by atoms with Gasteiger partial charge in [-0.3, -0.25) is 4.40 Å². The Morgan fingerprint density at radius 1 is 1.25 bits per heavy atom. The molecule has 1 aliphatic rings. The van der Waals surface area contributed by atoms with Gasteiger partial charge in [-0.15, -0.1) is 5.10 Å². The summed E-state index contributed by atoms with van der Waals surface area (Å²) in [6, 6.07) is 5.52. The van der Waals surface area contributed by atoms with Crippen LogP contribution in [0.4, 0.5) is 0 Å². The lowest BCUT2D eigenvalue weighted by atomic mass is 9.99. The van der Waals surface area contributed by atoms with Crippen LogP contribution < -0.4 is 5.69 Å². The number of aldehydes is 1. The fourth-order valence-corrected chi connectivity index (χ4v) is 2.66. The average Bonchev–Trinajstić information content (AvgIpc) is 2.83. The van der Waals surface area contributed by atoms with E-state index in [9.17, 15) is 9.59 Å². The van der Waals surface area contributed by atoms with Crippen molar-refractivity contribution >= 4 is 11.9 Å². The SMILES string of the molecule is O=CC1CCN(CCn2nc3ccccn3c2=O)CC1. The molecule has 0 atom stereocenters. The summed E-state index contributed by atoms with van der Waals surface area (Å²) in [5.74, 6) is 0.212. The molecule has 1 fully saturated rings. The highest BCUT2D eigenvalue weighted by Gasteiger charge is 2.18. The Morgan fingerprint density at radius 2 is 2.05 bits per heavy atom. The number of carbonyl (C=O) groups excluding carboxylic acids is 1. The number of nitrogens with zero attached hydrogens (tertiary/aromatic N) is 4. The summed E-state index contributed by atoms with van der Waals surface area (Å²) in [6.45, 7) is 3.23. The Hall–Kier alpha value is -1.95. The lowest BCUT2D eigenvalue weighted by Crippen LogP contribution is -2.37. The van der Waals surface area contributed by atoms with Crippen molar-refractivity contribution in [1.29, 1.82) is 0 Å². The fraction of sp³-hybridized carbons (Fsp3) is 0.500. The molecule has 0 amide bonds. The summed E-state index contributed by atoms with van der Waals surface area (Å²) in [6.07, 6.45) is 4.63. The third-order valence-corrected chi connectivity index (χ3v) is 3.94. The molecule has 3 heterocycles. The molecule has 0 aromatic carbocycles. The monoisotopic (exact) mass is 274 g/mol. The van der Waals surface area contributed by atoms with E-state index < -0.39 is 0 Å². The molecule has 0 saturated carbocycles. The molecule has 0 bridgehead atoms. The van der Waals surface area contributed by atoms with Crippen LogP contribution in [-0.4, -0.2) is 45.0 Å². The summed E-state index contributed by atoms with van der Waals surface area (Å²) in [5, 5.41) is 4.31. The van der Waals surface area contributed by atoms with Crippen molar-refractivity contribution in [2.45, 2.75) is 19.4 Å². The number of hydrogen-bond donors (Lipinski definition) is 0. The predicted molar refractivity (Wildman–Crippen MR) is 74.7 cm³/mol. The molecular formula is C14H18N4O2. The molecule has 6 heteroatoms. The van der Waals surface area contributed by atoms with E-state index in [1.807, 2.05) is 18.2 Å². The van der Waals surface area contributed by atoms with Crippen LogP contribution in [0, 0.1) is 5.92 Å². The first-order valence-electron chi connectivity index (χ1n) is 7.00. The van der Waals surface area contributed by atoms with Crippen LogP contribution in [0.5, 0.6) is 0 Å². The quantitative estimate of drug-likeness (QED) is 0.758. The number of hydrogen-bond acceptors (Lipinski definition) is 4. The van der Waals surface area contributed by atoms with E-state index in [0.717, 1.165) is 38.8 Å². The third-order valence-electron chi connectivity index (χ3n) is 3.94.